The third-order valence-electron chi connectivity index (χ3n) is 4.45. The van der Waals surface area contributed by atoms with Crippen molar-refractivity contribution in [1.82, 2.24) is 25.6 Å². The van der Waals surface area contributed by atoms with Crippen LogP contribution in [0.2, 0.25) is 0 Å². The number of benzene rings is 2. The summed E-state index contributed by atoms with van der Waals surface area (Å²) in [6, 6.07) is 17.8. The standard InChI is InChI=1S/C21H17N5O3/c1-13-11-18(27)19(25-26(13)14-7-3-2-4-8-14)21(29)24-23-20(28)16-12-22-17-10-6-5-9-15(16)17/h2-12,22H,1H3,(H,23,28)(H,24,29). The zero-order valence-corrected chi connectivity index (χ0v) is 15.5. The van der Waals surface area contributed by atoms with Crippen LogP contribution in [-0.4, -0.2) is 26.6 Å². The molecule has 0 unspecified atom stereocenters. The first-order valence-corrected chi connectivity index (χ1v) is 8.88. The van der Waals surface area contributed by atoms with Crippen LogP contribution in [0.1, 0.15) is 26.5 Å². The van der Waals surface area contributed by atoms with Gasteiger partial charge < -0.3 is 4.98 Å². The maximum Gasteiger partial charge on any atom is 0.294 e. The third-order valence-corrected chi connectivity index (χ3v) is 4.45. The Bertz CT molecular complexity index is 1270. The summed E-state index contributed by atoms with van der Waals surface area (Å²) in [5.41, 5.74) is 6.21. The zero-order valence-electron chi connectivity index (χ0n) is 15.5. The average Bonchev–Trinajstić information content (AvgIpc) is 3.17. The first-order valence-electron chi connectivity index (χ1n) is 8.88. The molecule has 29 heavy (non-hydrogen) atoms. The fourth-order valence-electron chi connectivity index (χ4n) is 3.03. The van der Waals surface area contributed by atoms with E-state index in [1.54, 1.807) is 19.2 Å². The lowest BCUT2D eigenvalue weighted by molar-refractivity contribution is 0.0843. The number of hydrogen-bond acceptors (Lipinski definition) is 4. The van der Waals surface area contributed by atoms with Gasteiger partial charge in [-0.05, 0) is 25.1 Å². The molecule has 4 aromatic rings. The number of hydrogen-bond donors (Lipinski definition) is 3. The van der Waals surface area contributed by atoms with E-state index >= 15 is 0 Å². The summed E-state index contributed by atoms with van der Waals surface area (Å²) in [5.74, 6) is -1.31. The fourth-order valence-corrected chi connectivity index (χ4v) is 3.03. The number of carbonyl (C=O) groups is 2. The summed E-state index contributed by atoms with van der Waals surface area (Å²) >= 11 is 0. The molecule has 0 fully saturated rings. The van der Waals surface area contributed by atoms with Gasteiger partial charge in [-0.1, -0.05) is 36.4 Å². The van der Waals surface area contributed by atoms with Crippen molar-refractivity contribution < 1.29 is 9.59 Å². The first kappa shape index (κ1) is 18.2. The quantitative estimate of drug-likeness (QED) is 0.468. The molecular formula is C21H17N5O3. The molecule has 8 heteroatoms. The molecule has 2 amide bonds. The second-order valence-electron chi connectivity index (χ2n) is 6.40. The minimum absolute atomic E-state index is 0.321. The van der Waals surface area contributed by atoms with Crippen LogP contribution in [0.15, 0.2) is 71.7 Å². The minimum Gasteiger partial charge on any atom is -0.360 e. The number of carbonyl (C=O) groups excluding carboxylic acids is 2. The normalized spacial score (nSPS) is 10.7. The van der Waals surface area contributed by atoms with Gasteiger partial charge in [0.2, 0.25) is 5.43 Å². The van der Waals surface area contributed by atoms with E-state index in [1.807, 2.05) is 48.5 Å². The lowest BCUT2D eigenvalue weighted by Gasteiger charge is -2.11. The van der Waals surface area contributed by atoms with Gasteiger partial charge in [0.05, 0.1) is 11.3 Å². The number of rotatable bonds is 3. The van der Waals surface area contributed by atoms with Crippen molar-refractivity contribution in [1.29, 1.82) is 0 Å². The Morgan fingerprint density at radius 1 is 0.966 bits per heavy atom. The number of aromatic nitrogens is 3. The topological polar surface area (TPSA) is 109 Å². The third kappa shape index (κ3) is 3.51. The highest BCUT2D eigenvalue weighted by molar-refractivity contribution is 6.07. The molecule has 0 bridgehead atoms. The maximum absolute atomic E-state index is 12.5. The zero-order chi connectivity index (χ0) is 20.4. The number of aryl methyl sites for hydroxylation is 1. The molecule has 0 saturated heterocycles. The molecule has 0 spiro atoms. The van der Waals surface area contributed by atoms with Crippen LogP contribution >= 0.6 is 0 Å². The molecule has 2 aromatic carbocycles. The van der Waals surface area contributed by atoms with E-state index in [1.165, 1.54) is 10.7 Å². The number of fused-ring (bicyclic) bond motifs is 1. The summed E-state index contributed by atoms with van der Waals surface area (Å²) in [5, 5.41) is 4.89. The fraction of sp³-hybridized carbons (Fsp3) is 0.0476. The van der Waals surface area contributed by atoms with Crippen molar-refractivity contribution in [2.75, 3.05) is 0 Å². The summed E-state index contributed by atoms with van der Waals surface area (Å²) in [6.07, 6.45) is 1.55. The largest absolute Gasteiger partial charge is 0.360 e. The summed E-state index contributed by atoms with van der Waals surface area (Å²) in [6.45, 7) is 1.72. The van der Waals surface area contributed by atoms with Crippen LogP contribution < -0.4 is 16.3 Å². The molecule has 0 atom stereocenters. The van der Waals surface area contributed by atoms with Gasteiger partial charge in [-0.15, -0.1) is 0 Å². The Balaban J connectivity index is 1.56. The second kappa shape index (κ2) is 7.43. The predicted octanol–water partition coefficient (Wildman–Crippen LogP) is 2.10. The number of nitrogens with one attached hydrogen (secondary N) is 3. The summed E-state index contributed by atoms with van der Waals surface area (Å²) in [7, 11) is 0. The van der Waals surface area contributed by atoms with Gasteiger partial charge in [-0.3, -0.25) is 25.2 Å². The predicted molar refractivity (Wildman–Crippen MR) is 108 cm³/mol. The van der Waals surface area contributed by atoms with Gasteiger partial charge in [0, 0.05) is 28.9 Å². The number of hydrazine groups is 1. The number of para-hydroxylation sites is 2. The Hall–Kier alpha value is -4.20. The highest BCUT2D eigenvalue weighted by Gasteiger charge is 2.17. The Morgan fingerprint density at radius 2 is 1.66 bits per heavy atom. The minimum atomic E-state index is -0.798. The van der Waals surface area contributed by atoms with E-state index in [2.05, 4.69) is 20.9 Å². The van der Waals surface area contributed by atoms with E-state index < -0.39 is 17.2 Å². The van der Waals surface area contributed by atoms with Gasteiger partial charge in [-0.25, -0.2) is 4.68 Å². The molecule has 0 aliphatic heterocycles. The number of nitrogens with zero attached hydrogens (tertiary/aromatic N) is 2. The molecule has 3 N–H and O–H groups in total. The SMILES string of the molecule is Cc1cc(=O)c(C(=O)NNC(=O)c2c[nH]c3ccccc23)nn1-c1ccccc1. The van der Waals surface area contributed by atoms with E-state index in [9.17, 15) is 14.4 Å². The van der Waals surface area contributed by atoms with E-state index in [-0.39, 0.29) is 5.69 Å². The number of H-pyrrole nitrogens is 1. The van der Waals surface area contributed by atoms with E-state index in [0.29, 0.717) is 16.9 Å². The van der Waals surface area contributed by atoms with Gasteiger partial charge in [-0.2, -0.15) is 5.10 Å². The molecule has 2 heterocycles. The van der Waals surface area contributed by atoms with Crippen LogP contribution in [-0.2, 0) is 0 Å². The lowest BCUT2D eigenvalue weighted by Crippen LogP contribution is -2.44. The summed E-state index contributed by atoms with van der Waals surface area (Å²) < 4.78 is 1.50. The molecule has 2 aromatic heterocycles. The van der Waals surface area contributed by atoms with Gasteiger partial charge >= 0.3 is 0 Å². The molecule has 0 aliphatic rings. The number of amides is 2. The lowest BCUT2D eigenvalue weighted by atomic mass is 10.2. The molecule has 4 rings (SSSR count). The molecule has 0 radical (unpaired) electrons. The van der Waals surface area contributed by atoms with E-state index in [4.69, 9.17) is 0 Å². The monoisotopic (exact) mass is 387 g/mol. The van der Waals surface area contributed by atoms with Crippen LogP contribution in [0, 0.1) is 6.92 Å². The highest BCUT2D eigenvalue weighted by atomic mass is 16.2. The van der Waals surface area contributed by atoms with Crippen molar-refractivity contribution in [2.24, 2.45) is 0 Å². The van der Waals surface area contributed by atoms with Crippen LogP contribution in [0.25, 0.3) is 16.6 Å². The molecular weight excluding hydrogens is 370 g/mol. The molecule has 0 aliphatic carbocycles. The number of aromatic amines is 1. The van der Waals surface area contributed by atoms with E-state index in [0.717, 1.165) is 10.9 Å². The molecule has 0 saturated carbocycles. The Labute approximate surface area is 165 Å². The summed E-state index contributed by atoms with van der Waals surface area (Å²) in [4.78, 5) is 40.2. The first-order chi connectivity index (χ1) is 14.0. The van der Waals surface area contributed by atoms with Crippen molar-refractivity contribution >= 4 is 22.7 Å². The van der Waals surface area contributed by atoms with Crippen molar-refractivity contribution in [3.05, 3.63) is 94.0 Å². The van der Waals surface area contributed by atoms with Crippen molar-refractivity contribution in [2.45, 2.75) is 6.92 Å². The average molecular weight is 387 g/mol. The van der Waals surface area contributed by atoms with Crippen LogP contribution in [0.5, 0.6) is 0 Å². The van der Waals surface area contributed by atoms with Crippen LogP contribution in [0.4, 0.5) is 0 Å². The molecule has 8 nitrogen and oxygen atoms in total. The van der Waals surface area contributed by atoms with Gasteiger partial charge in [0.15, 0.2) is 5.69 Å². The van der Waals surface area contributed by atoms with Crippen molar-refractivity contribution in [3.8, 4) is 5.69 Å². The van der Waals surface area contributed by atoms with Crippen LogP contribution in [0.3, 0.4) is 0 Å². The second-order valence-corrected chi connectivity index (χ2v) is 6.40. The smallest absolute Gasteiger partial charge is 0.294 e. The Morgan fingerprint density at radius 3 is 2.45 bits per heavy atom. The van der Waals surface area contributed by atoms with Crippen molar-refractivity contribution in [3.63, 3.8) is 0 Å². The van der Waals surface area contributed by atoms with Gasteiger partial charge in [0.1, 0.15) is 0 Å². The highest BCUT2D eigenvalue weighted by Crippen LogP contribution is 2.17. The van der Waals surface area contributed by atoms with Gasteiger partial charge in [0.25, 0.3) is 11.8 Å². The maximum atomic E-state index is 12.5. The molecule has 144 valence electrons. The Kier molecular flexibility index (Phi) is 4.66.